The number of nitrogens with two attached hydrogens (primary N) is 1. The maximum Gasteiger partial charge on any atom is 0.213 e. The van der Waals surface area contributed by atoms with Crippen molar-refractivity contribution in [3.05, 3.63) is 66.1 Å². The molecule has 0 spiro atoms. The summed E-state index contributed by atoms with van der Waals surface area (Å²) >= 11 is 1.16. The van der Waals surface area contributed by atoms with Gasteiger partial charge in [0.1, 0.15) is 5.82 Å². The summed E-state index contributed by atoms with van der Waals surface area (Å²) in [5.41, 5.74) is 12.5. The average molecular weight is 463 g/mol. The Morgan fingerprint density at radius 2 is 1.97 bits per heavy atom. The van der Waals surface area contributed by atoms with Gasteiger partial charge in [-0.15, -0.1) is 0 Å². The molecule has 1 fully saturated rings. The lowest BCUT2D eigenvalue weighted by Crippen LogP contribution is -2.32. The fourth-order valence-corrected chi connectivity index (χ4v) is 5.43. The van der Waals surface area contributed by atoms with Crippen molar-refractivity contribution >= 4 is 23.2 Å². The molecule has 1 aromatic carbocycles. The van der Waals surface area contributed by atoms with Gasteiger partial charge in [0.25, 0.3) is 0 Å². The molecular weight excluding hydrogens is 436 g/mol. The third kappa shape index (κ3) is 4.20. The van der Waals surface area contributed by atoms with E-state index in [0.29, 0.717) is 23.8 Å². The monoisotopic (exact) mass is 462 g/mol. The predicted molar refractivity (Wildman–Crippen MR) is 130 cm³/mol. The van der Waals surface area contributed by atoms with Gasteiger partial charge in [0, 0.05) is 47.3 Å². The maximum atomic E-state index is 10.2. The lowest BCUT2D eigenvalue weighted by atomic mass is 9.93. The predicted octanol–water partition coefficient (Wildman–Crippen LogP) is 3.01. The molecule has 1 aliphatic heterocycles. The van der Waals surface area contributed by atoms with Crippen molar-refractivity contribution in [2.45, 2.75) is 30.4 Å². The van der Waals surface area contributed by atoms with Gasteiger partial charge < -0.3 is 21.3 Å². The van der Waals surface area contributed by atoms with Crippen LogP contribution in [0.15, 0.2) is 54.9 Å². The topological polar surface area (TPSA) is 122 Å². The number of aliphatic hydroxyl groups is 2. The number of anilines is 1. The molecule has 3 aromatic heterocycles. The quantitative estimate of drug-likeness (QED) is 0.334. The van der Waals surface area contributed by atoms with Crippen LogP contribution in [0.3, 0.4) is 0 Å². The molecule has 1 atom stereocenters. The van der Waals surface area contributed by atoms with E-state index in [0.717, 1.165) is 51.8 Å². The summed E-state index contributed by atoms with van der Waals surface area (Å²) in [5.74, 6) is 1.03. The van der Waals surface area contributed by atoms with E-state index in [4.69, 9.17) is 10.7 Å². The summed E-state index contributed by atoms with van der Waals surface area (Å²) in [6, 6.07) is 14.0. The first-order valence-corrected chi connectivity index (χ1v) is 11.9. The summed E-state index contributed by atoms with van der Waals surface area (Å²) in [4.78, 5) is 9.62. The van der Waals surface area contributed by atoms with Crippen molar-refractivity contribution in [3.8, 4) is 22.4 Å². The molecule has 5 rings (SSSR count). The highest BCUT2D eigenvalue weighted by Gasteiger charge is 2.36. The van der Waals surface area contributed by atoms with Gasteiger partial charge in [-0.3, -0.25) is 4.98 Å². The first-order valence-electron chi connectivity index (χ1n) is 10.9. The van der Waals surface area contributed by atoms with Crippen molar-refractivity contribution in [1.29, 1.82) is 0 Å². The normalized spacial score (nSPS) is 18.0. The van der Waals surface area contributed by atoms with Crippen LogP contribution < -0.4 is 11.1 Å². The zero-order chi connectivity index (χ0) is 23.0. The summed E-state index contributed by atoms with van der Waals surface area (Å²) < 4.78 is 1.65. The highest BCUT2D eigenvalue weighted by Crippen LogP contribution is 2.42. The van der Waals surface area contributed by atoms with Gasteiger partial charge in [-0.2, -0.15) is 9.61 Å². The molecule has 5 N–H and O–H groups in total. The van der Waals surface area contributed by atoms with Crippen LogP contribution >= 0.6 is 11.8 Å². The van der Waals surface area contributed by atoms with Gasteiger partial charge in [-0.05, 0) is 25.3 Å². The number of fused-ring (bicyclic) bond motifs is 1. The summed E-state index contributed by atoms with van der Waals surface area (Å²) in [7, 11) is 1.85. The van der Waals surface area contributed by atoms with Crippen LogP contribution in [-0.2, 0) is 6.54 Å². The SMILES string of the molecule is CNCc1c(C2CCSC(O)(O)C2)nc2c(-c3ccc(-c4ccccc4)nc3)cnn2c1N. The fourth-order valence-electron chi connectivity index (χ4n) is 4.38. The number of rotatable bonds is 5. The lowest BCUT2D eigenvalue weighted by molar-refractivity contribution is -0.0889. The Bertz CT molecular complexity index is 1270. The van der Waals surface area contributed by atoms with Gasteiger partial charge in [-0.25, -0.2) is 4.98 Å². The summed E-state index contributed by atoms with van der Waals surface area (Å²) in [5, 5.41) is 26.4. The van der Waals surface area contributed by atoms with Crippen LogP contribution in [0.5, 0.6) is 0 Å². The largest absolute Gasteiger partial charge is 0.383 e. The first-order chi connectivity index (χ1) is 16.0. The van der Waals surface area contributed by atoms with Gasteiger partial charge >= 0.3 is 0 Å². The number of nitrogens with zero attached hydrogens (tertiary/aromatic N) is 4. The Labute approximate surface area is 195 Å². The second-order valence-corrected chi connectivity index (χ2v) is 9.62. The molecule has 9 heteroatoms. The molecule has 0 aliphatic carbocycles. The van der Waals surface area contributed by atoms with Crippen LogP contribution in [0.25, 0.3) is 28.0 Å². The zero-order valence-corrected chi connectivity index (χ0v) is 19.1. The average Bonchev–Trinajstić information content (AvgIpc) is 3.25. The number of thioether (sulfide) groups is 1. The minimum absolute atomic E-state index is 0.113. The van der Waals surface area contributed by atoms with E-state index in [1.54, 1.807) is 10.7 Å². The molecular formula is C24H26N6O2S. The molecule has 170 valence electrons. The number of pyridine rings is 1. The van der Waals surface area contributed by atoms with Crippen LogP contribution in [0.2, 0.25) is 0 Å². The number of hydrogen-bond donors (Lipinski definition) is 4. The molecule has 8 nitrogen and oxygen atoms in total. The molecule has 1 aliphatic rings. The van der Waals surface area contributed by atoms with Crippen LogP contribution in [0.4, 0.5) is 5.82 Å². The van der Waals surface area contributed by atoms with Crippen LogP contribution in [-0.4, -0.2) is 47.7 Å². The third-order valence-electron chi connectivity index (χ3n) is 6.01. The van der Waals surface area contributed by atoms with E-state index in [1.807, 2.05) is 55.7 Å². The molecule has 0 saturated carbocycles. The highest BCUT2D eigenvalue weighted by atomic mass is 32.2. The van der Waals surface area contributed by atoms with Crippen molar-refractivity contribution in [2.24, 2.45) is 0 Å². The molecule has 33 heavy (non-hydrogen) atoms. The van der Waals surface area contributed by atoms with Gasteiger partial charge in [-0.1, -0.05) is 48.2 Å². The van der Waals surface area contributed by atoms with E-state index < -0.39 is 5.12 Å². The van der Waals surface area contributed by atoms with Crippen LogP contribution in [0, 0.1) is 0 Å². The van der Waals surface area contributed by atoms with E-state index in [9.17, 15) is 10.2 Å². The molecule has 4 aromatic rings. The Balaban J connectivity index is 1.59. The summed E-state index contributed by atoms with van der Waals surface area (Å²) in [6.07, 6.45) is 4.57. The van der Waals surface area contributed by atoms with Crippen molar-refractivity contribution < 1.29 is 10.2 Å². The van der Waals surface area contributed by atoms with Gasteiger partial charge in [0.2, 0.25) is 5.12 Å². The minimum atomic E-state index is -1.76. The van der Waals surface area contributed by atoms with Crippen molar-refractivity contribution in [2.75, 3.05) is 18.5 Å². The van der Waals surface area contributed by atoms with Crippen LogP contribution in [0.1, 0.15) is 30.0 Å². The smallest absolute Gasteiger partial charge is 0.213 e. The fraction of sp³-hybridized carbons (Fsp3) is 0.292. The number of nitrogen functional groups attached to an aromatic ring is 1. The Hall–Kier alpha value is -2.98. The van der Waals surface area contributed by atoms with E-state index >= 15 is 0 Å². The molecule has 4 heterocycles. The zero-order valence-electron chi connectivity index (χ0n) is 18.3. The maximum absolute atomic E-state index is 10.2. The molecule has 1 saturated heterocycles. The van der Waals surface area contributed by atoms with Crippen molar-refractivity contribution in [3.63, 3.8) is 0 Å². The Morgan fingerprint density at radius 3 is 2.67 bits per heavy atom. The molecule has 0 bridgehead atoms. The number of aromatic nitrogens is 4. The third-order valence-corrected chi connectivity index (χ3v) is 7.08. The first kappa shape index (κ1) is 21.8. The second-order valence-electron chi connectivity index (χ2n) is 8.26. The Morgan fingerprint density at radius 1 is 1.15 bits per heavy atom. The minimum Gasteiger partial charge on any atom is -0.383 e. The second kappa shape index (κ2) is 8.75. The Kier molecular flexibility index (Phi) is 5.79. The van der Waals surface area contributed by atoms with E-state index in [2.05, 4.69) is 15.4 Å². The number of nitrogens with one attached hydrogen (secondary N) is 1. The van der Waals surface area contributed by atoms with E-state index in [1.165, 1.54) is 0 Å². The van der Waals surface area contributed by atoms with Gasteiger partial charge in [0.05, 0.1) is 17.6 Å². The highest BCUT2D eigenvalue weighted by molar-refractivity contribution is 8.00. The van der Waals surface area contributed by atoms with Crippen molar-refractivity contribution in [1.82, 2.24) is 24.9 Å². The standard InChI is InChI=1S/C24H26N6O2S/c1-26-13-19-21(16-9-10-33-24(31,32)11-16)29-23-18(14-28-30(23)22(19)25)17-7-8-20(27-12-17)15-5-3-2-4-6-15/h2-8,12,14,16,26,31-32H,9-11,13,25H2,1H3. The summed E-state index contributed by atoms with van der Waals surface area (Å²) in [6.45, 7) is 0.514. The van der Waals surface area contributed by atoms with Gasteiger partial charge in [0.15, 0.2) is 5.65 Å². The van der Waals surface area contributed by atoms with E-state index in [-0.39, 0.29) is 12.3 Å². The number of benzene rings is 1. The molecule has 1 unspecified atom stereocenters. The lowest BCUT2D eigenvalue weighted by Gasteiger charge is -2.32. The molecule has 0 amide bonds. The molecule has 0 radical (unpaired) electrons. The number of hydrogen-bond acceptors (Lipinski definition) is 8.